The van der Waals surface area contributed by atoms with Crippen LogP contribution in [0.5, 0.6) is 0 Å². The summed E-state index contributed by atoms with van der Waals surface area (Å²) in [7, 11) is 0. The van der Waals surface area contributed by atoms with Crippen molar-refractivity contribution in [3.8, 4) is 0 Å². The van der Waals surface area contributed by atoms with Crippen LogP contribution in [0.25, 0.3) is 0 Å². The standard InChI is InChI=1S/C9H17NO3/c1-2-13-8(12)7(10)5-9(6-11)3-4-9/h7,11H,2-6,10H2,1H3/t7-/m0/s1. The van der Waals surface area contributed by atoms with E-state index < -0.39 is 6.04 Å². The predicted molar refractivity (Wildman–Crippen MR) is 48.0 cm³/mol. The summed E-state index contributed by atoms with van der Waals surface area (Å²) in [6.07, 6.45) is 2.48. The summed E-state index contributed by atoms with van der Waals surface area (Å²) in [4.78, 5) is 11.1. The molecule has 1 fully saturated rings. The highest BCUT2D eigenvalue weighted by molar-refractivity contribution is 5.75. The summed E-state index contributed by atoms with van der Waals surface area (Å²) < 4.78 is 4.78. The molecule has 4 nitrogen and oxygen atoms in total. The Hall–Kier alpha value is -0.610. The van der Waals surface area contributed by atoms with E-state index in [0.29, 0.717) is 13.0 Å². The third-order valence-corrected chi connectivity index (χ3v) is 2.53. The molecule has 76 valence electrons. The Morgan fingerprint density at radius 2 is 2.31 bits per heavy atom. The van der Waals surface area contributed by atoms with E-state index >= 15 is 0 Å². The molecular weight excluding hydrogens is 170 g/mol. The Labute approximate surface area is 78.1 Å². The fourth-order valence-electron chi connectivity index (χ4n) is 1.40. The summed E-state index contributed by atoms with van der Waals surface area (Å²) in [6, 6.07) is -0.574. The molecule has 0 aromatic heterocycles. The Morgan fingerprint density at radius 1 is 1.69 bits per heavy atom. The molecule has 3 N–H and O–H groups in total. The summed E-state index contributed by atoms with van der Waals surface area (Å²) in [5.74, 6) is -0.359. The monoisotopic (exact) mass is 187 g/mol. The van der Waals surface area contributed by atoms with Gasteiger partial charge < -0.3 is 15.6 Å². The summed E-state index contributed by atoms with van der Waals surface area (Å²) in [5, 5.41) is 9.01. The number of rotatable bonds is 5. The molecule has 0 aliphatic heterocycles. The number of carbonyl (C=O) groups excluding carboxylic acids is 1. The first-order valence-electron chi connectivity index (χ1n) is 4.66. The van der Waals surface area contributed by atoms with E-state index in [1.54, 1.807) is 6.92 Å². The number of aliphatic hydroxyl groups is 1. The maximum absolute atomic E-state index is 11.1. The summed E-state index contributed by atoms with van der Waals surface area (Å²) in [6.45, 7) is 2.24. The van der Waals surface area contributed by atoms with E-state index in [0.717, 1.165) is 12.8 Å². The molecule has 1 aliphatic carbocycles. The van der Waals surface area contributed by atoms with Crippen LogP contribution in [0.2, 0.25) is 0 Å². The fourth-order valence-corrected chi connectivity index (χ4v) is 1.40. The lowest BCUT2D eigenvalue weighted by Gasteiger charge is -2.16. The van der Waals surface area contributed by atoms with Gasteiger partial charge in [0.25, 0.3) is 0 Å². The van der Waals surface area contributed by atoms with Gasteiger partial charge in [0, 0.05) is 6.61 Å². The van der Waals surface area contributed by atoms with Gasteiger partial charge in [-0.3, -0.25) is 4.79 Å². The number of hydrogen-bond acceptors (Lipinski definition) is 4. The molecule has 0 aromatic carbocycles. The van der Waals surface area contributed by atoms with Gasteiger partial charge in [0.2, 0.25) is 0 Å². The van der Waals surface area contributed by atoms with E-state index in [2.05, 4.69) is 0 Å². The van der Waals surface area contributed by atoms with Crippen molar-refractivity contribution in [3.05, 3.63) is 0 Å². The van der Waals surface area contributed by atoms with Gasteiger partial charge in [0.15, 0.2) is 0 Å². The third-order valence-electron chi connectivity index (χ3n) is 2.53. The van der Waals surface area contributed by atoms with Crippen LogP contribution in [0, 0.1) is 5.41 Å². The normalized spacial score (nSPS) is 20.8. The maximum atomic E-state index is 11.1. The second kappa shape index (κ2) is 4.07. The Bertz CT molecular complexity index is 189. The highest BCUT2D eigenvalue weighted by Gasteiger charge is 2.44. The average Bonchev–Trinajstić information content (AvgIpc) is 2.86. The van der Waals surface area contributed by atoms with Gasteiger partial charge in [0.1, 0.15) is 6.04 Å². The Kier molecular flexibility index (Phi) is 3.27. The minimum Gasteiger partial charge on any atom is -0.465 e. The molecule has 0 radical (unpaired) electrons. The number of aliphatic hydroxyl groups excluding tert-OH is 1. The first-order chi connectivity index (χ1) is 6.13. The maximum Gasteiger partial charge on any atom is 0.322 e. The third kappa shape index (κ3) is 2.67. The Balaban J connectivity index is 2.32. The summed E-state index contributed by atoms with van der Waals surface area (Å²) in [5.41, 5.74) is 5.54. The number of ether oxygens (including phenoxy) is 1. The quantitative estimate of drug-likeness (QED) is 0.596. The number of esters is 1. The van der Waals surface area contributed by atoms with Crippen molar-refractivity contribution in [2.45, 2.75) is 32.2 Å². The van der Waals surface area contributed by atoms with Crippen molar-refractivity contribution >= 4 is 5.97 Å². The van der Waals surface area contributed by atoms with E-state index in [1.165, 1.54) is 0 Å². The van der Waals surface area contributed by atoms with Crippen molar-refractivity contribution in [2.24, 2.45) is 11.1 Å². The van der Waals surface area contributed by atoms with Gasteiger partial charge in [-0.2, -0.15) is 0 Å². The van der Waals surface area contributed by atoms with Crippen LogP contribution in [-0.4, -0.2) is 30.3 Å². The lowest BCUT2D eigenvalue weighted by atomic mass is 9.98. The SMILES string of the molecule is CCOC(=O)[C@@H](N)CC1(CO)CC1. The van der Waals surface area contributed by atoms with Crippen LogP contribution < -0.4 is 5.73 Å². The molecule has 13 heavy (non-hydrogen) atoms. The highest BCUT2D eigenvalue weighted by atomic mass is 16.5. The molecule has 0 aromatic rings. The zero-order valence-corrected chi connectivity index (χ0v) is 7.95. The average molecular weight is 187 g/mol. The second-order valence-corrected chi connectivity index (χ2v) is 3.72. The first-order valence-corrected chi connectivity index (χ1v) is 4.66. The molecule has 4 heteroatoms. The topological polar surface area (TPSA) is 72.5 Å². The predicted octanol–water partition coefficient (Wildman–Crippen LogP) is 0.0394. The molecule has 0 bridgehead atoms. The van der Waals surface area contributed by atoms with E-state index in [1.807, 2.05) is 0 Å². The number of nitrogens with two attached hydrogens (primary N) is 1. The number of hydrogen-bond donors (Lipinski definition) is 2. The summed E-state index contributed by atoms with van der Waals surface area (Å²) >= 11 is 0. The van der Waals surface area contributed by atoms with Crippen molar-refractivity contribution in [1.82, 2.24) is 0 Å². The lowest BCUT2D eigenvalue weighted by molar-refractivity contribution is -0.145. The van der Waals surface area contributed by atoms with Crippen LogP contribution in [0.1, 0.15) is 26.2 Å². The van der Waals surface area contributed by atoms with Crippen LogP contribution in [0.3, 0.4) is 0 Å². The van der Waals surface area contributed by atoms with Crippen molar-refractivity contribution in [1.29, 1.82) is 0 Å². The van der Waals surface area contributed by atoms with Crippen molar-refractivity contribution < 1.29 is 14.6 Å². The highest BCUT2D eigenvalue weighted by Crippen LogP contribution is 2.48. The zero-order chi connectivity index (χ0) is 9.90. The second-order valence-electron chi connectivity index (χ2n) is 3.72. The molecule has 0 heterocycles. The molecule has 0 unspecified atom stereocenters. The molecule has 1 aliphatic rings. The molecule has 1 atom stereocenters. The Morgan fingerprint density at radius 3 is 2.69 bits per heavy atom. The van der Waals surface area contributed by atoms with Crippen LogP contribution in [0.15, 0.2) is 0 Å². The minimum absolute atomic E-state index is 0.0772. The van der Waals surface area contributed by atoms with E-state index in [4.69, 9.17) is 15.6 Å². The first kappa shape index (κ1) is 10.5. The van der Waals surface area contributed by atoms with E-state index in [9.17, 15) is 4.79 Å². The van der Waals surface area contributed by atoms with Crippen molar-refractivity contribution in [3.63, 3.8) is 0 Å². The van der Waals surface area contributed by atoms with Gasteiger partial charge in [-0.15, -0.1) is 0 Å². The van der Waals surface area contributed by atoms with E-state index in [-0.39, 0.29) is 18.0 Å². The van der Waals surface area contributed by atoms with Crippen LogP contribution in [-0.2, 0) is 9.53 Å². The lowest BCUT2D eigenvalue weighted by Crippen LogP contribution is -2.35. The van der Waals surface area contributed by atoms with Crippen LogP contribution in [0.4, 0.5) is 0 Å². The number of carbonyl (C=O) groups is 1. The van der Waals surface area contributed by atoms with Crippen molar-refractivity contribution in [2.75, 3.05) is 13.2 Å². The van der Waals surface area contributed by atoms with Gasteiger partial charge in [-0.05, 0) is 31.6 Å². The molecule has 0 saturated heterocycles. The molecular formula is C9H17NO3. The molecule has 1 rings (SSSR count). The van der Waals surface area contributed by atoms with Crippen LogP contribution >= 0.6 is 0 Å². The fraction of sp³-hybridized carbons (Fsp3) is 0.889. The van der Waals surface area contributed by atoms with Gasteiger partial charge >= 0.3 is 5.97 Å². The van der Waals surface area contributed by atoms with Gasteiger partial charge in [-0.25, -0.2) is 0 Å². The van der Waals surface area contributed by atoms with Gasteiger partial charge in [0.05, 0.1) is 6.61 Å². The minimum atomic E-state index is -0.574. The molecule has 1 saturated carbocycles. The van der Waals surface area contributed by atoms with Gasteiger partial charge in [-0.1, -0.05) is 0 Å². The molecule has 0 amide bonds. The smallest absolute Gasteiger partial charge is 0.322 e. The molecule has 0 spiro atoms. The zero-order valence-electron chi connectivity index (χ0n) is 7.95. The largest absolute Gasteiger partial charge is 0.465 e.